The van der Waals surface area contributed by atoms with Crippen LogP contribution in [-0.2, 0) is 10.6 Å². The lowest BCUT2D eigenvalue weighted by atomic mass is 10.1. The number of hydrogen-bond acceptors (Lipinski definition) is 6. The molecule has 1 N–H and O–H groups in total. The molecule has 0 aliphatic carbocycles. The minimum Gasteiger partial charge on any atom is -0.480 e. The molecule has 2 rings (SSSR count). The van der Waals surface area contributed by atoms with E-state index >= 15 is 0 Å². The molecule has 0 bridgehead atoms. The van der Waals surface area contributed by atoms with Gasteiger partial charge in [-0.25, -0.2) is 4.90 Å². The highest BCUT2D eigenvalue weighted by molar-refractivity contribution is 5.74. The molecule has 0 spiro atoms. The van der Waals surface area contributed by atoms with Crippen molar-refractivity contribution in [2.75, 3.05) is 11.4 Å². The van der Waals surface area contributed by atoms with E-state index in [0.29, 0.717) is 4.90 Å². The molecule has 0 atom stereocenters. The van der Waals surface area contributed by atoms with Gasteiger partial charge in [0.1, 0.15) is 22.0 Å². The number of aliphatic carboxylic acids is 1. The summed E-state index contributed by atoms with van der Waals surface area (Å²) in [4.78, 5) is 33.3. The average molecular weight is 331 g/mol. The van der Waals surface area contributed by atoms with E-state index < -0.39 is 28.1 Å². The summed E-state index contributed by atoms with van der Waals surface area (Å²) in [6.07, 6.45) is 0. The summed E-state index contributed by atoms with van der Waals surface area (Å²) < 4.78 is 0. The summed E-state index contributed by atoms with van der Waals surface area (Å²) >= 11 is 0. The maximum Gasteiger partial charge on any atom is 0.572 e. The van der Waals surface area contributed by atoms with Crippen LogP contribution in [0.2, 0.25) is 0 Å². The molecule has 124 valence electrons. The predicted octanol–water partition coefficient (Wildman–Crippen LogP) is 1.94. The molecule has 0 radical (unpaired) electrons. The van der Waals surface area contributed by atoms with Gasteiger partial charge < -0.3 is 5.11 Å². The Morgan fingerprint density at radius 2 is 1.42 bits per heavy atom. The number of hydrogen-bond donors (Lipinski definition) is 1. The van der Waals surface area contributed by atoms with Crippen molar-refractivity contribution in [3.63, 3.8) is 0 Å². The second kappa shape index (κ2) is 6.73. The Labute approximate surface area is 136 Å². The normalized spacial score (nSPS) is 10.8. The predicted molar refractivity (Wildman–Crippen MR) is 83.5 cm³/mol. The van der Waals surface area contributed by atoms with Gasteiger partial charge in [-0.1, -0.05) is 36.4 Å². The molecule has 0 aliphatic heterocycles. The summed E-state index contributed by atoms with van der Waals surface area (Å²) in [5.41, 5.74) is -0.192. The molecule has 2 aromatic rings. The fraction of sp³-hybridized carbons (Fsp3) is 0.133. The van der Waals surface area contributed by atoms with Gasteiger partial charge in [-0.3, -0.25) is 25.0 Å². The van der Waals surface area contributed by atoms with Gasteiger partial charge >= 0.3 is 11.8 Å². The third-order valence-electron chi connectivity index (χ3n) is 3.41. The molecule has 0 amide bonds. The van der Waals surface area contributed by atoms with E-state index in [4.69, 9.17) is 5.11 Å². The zero-order chi connectivity index (χ0) is 17.7. The van der Waals surface area contributed by atoms with Crippen molar-refractivity contribution in [3.8, 4) is 0 Å². The van der Waals surface area contributed by atoms with Crippen LogP contribution in [-0.4, -0.2) is 27.5 Å². The quantitative estimate of drug-likeness (QED) is 0.466. The van der Waals surface area contributed by atoms with Crippen LogP contribution in [0, 0.1) is 20.2 Å². The Hall–Kier alpha value is -3.49. The fourth-order valence-corrected chi connectivity index (χ4v) is 2.42. The van der Waals surface area contributed by atoms with Crippen LogP contribution in [0.5, 0.6) is 0 Å². The van der Waals surface area contributed by atoms with Crippen LogP contribution in [0.15, 0.2) is 60.7 Å². The van der Waals surface area contributed by atoms with Crippen LogP contribution in [0.25, 0.3) is 0 Å². The van der Waals surface area contributed by atoms with E-state index in [9.17, 15) is 25.0 Å². The van der Waals surface area contributed by atoms with Crippen LogP contribution in [0.4, 0.5) is 5.69 Å². The van der Waals surface area contributed by atoms with E-state index in [1.807, 2.05) is 0 Å². The van der Waals surface area contributed by atoms with Crippen molar-refractivity contribution in [1.82, 2.24) is 0 Å². The average Bonchev–Trinajstić information content (AvgIpc) is 2.55. The first kappa shape index (κ1) is 16.9. The fourth-order valence-electron chi connectivity index (χ4n) is 2.42. The minimum absolute atomic E-state index is 0.0529. The highest BCUT2D eigenvalue weighted by Gasteiger charge is 2.64. The first-order valence-electron chi connectivity index (χ1n) is 6.79. The van der Waals surface area contributed by atoms with Crippen LogP contribution >= 0.6 is 0 Å². The molecule has 0 aliphatic rings. The zero-order valence-corrected chi connectivity index (χ0v) is 12.3. The number of anilines is 1. The molecule has 0 heterocycles. The topological polar surface area (TPSA) is 127 Å². The Bertz CT molecular complexity index is 736. The summed E-state index contributed by atoms with van der Waals surface area (Å²) in [6.45, 7) is -0.916. The van der Waals surface area contributed by atoms with E-state index in [0.717, 1.165) is 0 Å². The van der Waals surface area contributed by atoms with Crippen molar-refractivity contribution in [3.05, 3.63) is 86.5 Å². The van der Waals surface area contributed by atoms with Gasteiger partial charge in [0.25, 0.3) is 0 Å². The second-order valence-electron chi connectivity index (χ2n) is 4.83. The third kappa shape index (κ3) is 2.86. The van der Waals surface area contributed by atoms with Gasteiger partial charge in [0.05, 0.1) is 5.69 Å². The van der Waals surface area contributed by atoms with Crippen molar-refractivity contribution in [1.29, 1.82) is 0 Å². The van der Waals surface area contributed by atoms with Crippen molar-refractivity contribution in [2.45, 2.75) is 5.79 Å². The molecular formula is C15H13N3O6. The van der Waals surface area contributed by atoms with Gasteiger partial charge in [-0.2, -0.15) is 0 Å². The first-order chi connectivity index (χ1) is 11.4. The smallest absolute Gasteiger partial charge is 0.480 e. The van der Waals surface area contributed by atoms with Crippen molar-refractivity contribution >= 4 is 11.7 Å². The van der Waals surface area contributed by atoms with Gasteiger partial charge in [0.15, 0.2) is 0 Å². The monoisotopic (exact) mass is 331 g/mol. The molecular weight excluding hydrogens is 318 g/mol. The maximum atomic E-state index is 11.8. The lowest BCUT2D eigenvalue weighted by Crippen LogP contribution is -2.59. The SMILES string of the molecule is O=C(O)CN(c1ccccc1)C(c1ccccc1)([N+](=O)[O-])[N+](=O)[O-]. The van der Waals surface area contributed by atoms with Crippen LogP contribution < -0.4 is 4.90 Å². The highest BCUT2D eigenvalue weighted by Crippen LogP contribution is 2.34. The number of carbonyl (C=O) groups is 1. The summed E-state index contributed by atoms with van der Waals surface area (Å²) in [5.74, 6) is -4.39. The van der Waals surface area contributed by atoms with Gasteiger partial charge in [-0.15, -0.1) is 0 Å². The van der Waals surface area contributed by atoms with Crippen LogP contribution in [0.1, 0.15) is 5.56 Å². The molecule has 24 heavy (non-hydrogen) atoms. The zero-order valence-electron chi connectivity index (χ0n) is 12.3. The Kier molecular flexibility index (Phi) is 4.73. The van der Waals surface area contributed by atoms with Crippen molar-refractivity contribution in [2.24, 2.45) is 0 Å². The van der Waals surface area contributed by atoms with Gasteiger partial charge in [0, 0.05) is 0 Å². The van der Waals surface area contributed by atoms with Gasteiger partial charge in [0.2, 0.25) is 0 Å². The van der Waals surface area contributed by atoms with Gasteiger partial charge in [-0.05, 0) is 24.3 Å². The number of carboxylic acids is 1. The molecule has 0 aromatic heterocycles. The lowest BCUT2D eigenvalue weighted by molar-refractivity contribution is -0.809. The van der Waals surface area contributed by atoms with Crippen LogP contribution in [0.3, 0.4) is 0 Å². The van der Waals surface area contributed by atoms with E-state index in [1.54, 1.807) is 12.1 Å². The second-order valence-corrected chi connectivity index (χ2v) is 4.83. The molecule has 9 nitrogen and oxygen atoms in total. The Balaban J connectivity index is 2.77. The highest BCUT2D eigenvalue weighted by atomic mass is 16.7. The lowest BCUT2D eigenvalue weighted by Gasteiger charge is -2.29. The Morgan fingerprint density at radius 1 is 0.958 bits per heavy atom. The van der Waals surface area contributed by atoms with E-state index in [1.165, 1.54) is 48.5 Å². The number of para-hydroxylation sites is 1. The van der Waals surface area contributed by atoms with E-state index in [2.05, 4.69) is 0 Å². The number of carboxylic acid groups (broad SMARTS) is 1. The molecule has 0 fully saturated rings. The third-order valence-corrected chi connectivity index (χ3v) is 3.41. The number of rotatable bonds is 7. The van der Waals surface area contributed by atoms with E-state index in [-0.39, 0.29) is 11.3 Å². The molecule has 0 saturated carbocycles. The summed E-state index contributed by atoms with van der Waals surface area (Å²) in [7, 11) is 0. The standard InChI is InChI=1S/C15H13N3O6/c19-14(20)11-16(13-9-5-2-6-10-13)15(17(21)22,18(23)24)12-7-3-1-4-8-12/h1-10H,11H2,(H,19,20). The summed E-state index contributed by atoms with van der Waals surface area (Å²) in [6, 6.07) is 14.2. The number of nitrogens with zero attached hydrogens (tertiary/aromatic N) is 3. The number of nitro groups is 2. The van der Waals surface area contributed by atoms with Crippen molar-refractivity contribution < 1.29 is 19.7 Å². The largest absolute Gasteiger partial charge is 0.572 e. The first-order valence-corrected chi connectivity index (χ1v) is 6.79. The maximum absolute atomic E-state index is 11.8. The molecule has 0 saturated heterocycles. The molecule has 2 aromatic carbocycles. The Morgan fingerprint density at radius 3 is 1.83 bits per heavy atom. The minimum atomic E-state index is -2.96. The number of benzene rings is 2. The molecule has 9 heteroatoms. The molecule has 0 unspecified atom stereocenters. The summed E-state index contributed by atoms with van der Waals surface area (Å²) in [5, 5.41) is 32.7.